The molecule has 1 aliphatic heterocycles. The molecule has 0 aliphatic carbocycles. The maximum absolute atomic E-state index is 16.0. The molecule has 200 valence electrons. The highest BCUT2D eigenvalue weighted by Crippen LogP contribution is 2.42. The molecule has 0 saturated carbocycles. The van der Waals surface area contributed by atoms with Crippen LogP contribution in [0.2, 0.25) is 5.15 Å². The van der Waals surface area contributed by atoms with Crippen molar-refractivity contribution >= 4 is 23.4 Å². The van der Waals surface area contributed by atoms with Crippen molar-refractivity contribution in [2.75, 3.05) is 38.2 Å². The van der Waals surface area contributed by atoms with Crippen LogP contribution in [0.3, 0.4) is 0 Å². The van der Waals surface area contributed by atoms with Crippen LogP contribution in [0.5, 0.6) is 5.75 Å². The van der Waals surface area contributed by atoms with Crippen molar-refractivity contribution in [3.05, 3.63) is 34.9 Å². The van der Waals surface area contributed by atoms with E-state index in [4.69, 9.17) is 26.3 Å². The third-order valence-corrected chi connectivity index (χ3v) is 6.26. The Hall–Kier alpha value is -3.19. The van der Waals surface area contributed by atoms with Crippen molar-refractivity contribution in [3.8, 4) is 22.9 Å². The largest absolute Gasteiger partial charge is 0.491 e. The summed E-state index contributed by atoms with van der Waals surface area (Å²) in [5.41, 5.74) is -0.889. The second-order valence-electron chi connectivity index (χ2n) is 10.2. The fourth-order valence-electron chi connectivity index (χ4n) is 3.97. The van der Waals surface area contributed by atoms with Gasteiger partial charge in [0.15, 0.2) is 5.82 Å². The van der Waals surface area contributed by atoms with Crippen LogP contribution in [0.1, 0.15) is 52.8 Å². The molecule has 0 N–H and O–H groups in total. The number of nitriles is 1. The van der Waals surface area contributed by atoms with E-state index in [0.717, 1.165) is 25.1 Å². The Kier molecular flexibility index (Phi) is 9.13. The van der Waals surface area contributed by atoms with E-state index in [1.54, 1.807) is 33.9 Å². The van der Waals surface area contributed by atoms with Crippen molar-refractivity contribution in [1.82, 2.24) is 14.9 Å². The second-order valence-corrected chi connectivity index (χ2v) is 10.5. The number of carbonyl (C=O) groups is 1. The molecule has 8 nitrogen and oxygen atoms in total. The van der Waals surface area contributed by atoms with Gasteiger partial charge in [0.1, 0.15) is 34.1 Å². The number of halogens is 3. The first-order chi connectivity index (χ1) is 17.4. The Morgan fingerprint density at radius 2 is 2.00 bits per heavy atom. The topological polar surface area (TPSA) is 91.6 Å². The summed E-state index contributed by atoms with van der Waals surface area (Å²) >= 11 is 6.16. The Morgan fingerprint density at radius 3 is 2.59 bits per heavy atom. The molecule has 37 heavy (non-hydrogen) atoms. The molecule has 1 saturated heterocycles. The first kappa shape index (κ1) is 28.4. The number of aromatic nitrogens is 2. The van der Waals surface area contributed by atoms with Gasteiger partial charge in [-0.05, 0) is 46.0 Å². The molecule has 3 rings (SSSR count). The quantitative estimate of drug-likeness (QED) is 0.326. The van der Waals surface area contributed by atoms with Crippen molar-refractivity contribution < 1.29 is 23.0 Å². The summed E-state index contributed by atoms with van der Waals surface area (Å²) in [6.45, 7) is 9.13. The lowest BCUT2D eigenvalue weighted by Gasteiger charge is -2.34. The van der Waals surface area contributed by atoms with E-state index in [1.165, 1.54) is 4.90 Å². The standard InChI is InChI=1S/C26H32ClF2N5O3/c1-16-7-10-34(11-8-16)23-19(36-12-6-9-33(5)25(35)37-26(2,3)4)13-18(28)21(22(23)29)17-15-31-20(14-30)32-24(17)27/h13,15-16H,6-12H2,1-5H3. The predicted molar refractivity (Wildman–Crippen MR) is 137 cm³/mol. The molecule has 1 aromatic heterocycles. The molecule has 1 amide bonds. The van der Waals surface area contributed by atoms with E-state index in [9.17, 15) is 4.79 Å². The van der Waals surface area contributed by atoms with Crippen molar-refractivity contribution in [2.24, 2.45) is 5.92 Å². The average Bonchev–Trinajstić information content (AvgIpc) is 2.82. The number of nitrogens with zero attached hydrogens (tertiary/aromatic N) is 5. The molecular formula is C26H32ClF2N5O3. The van der Waals surface area contributed by atoms with Crippen LogP contribution < -0.4 is 9.64 Å². The molecule has 0 radical (unpaired) electrons. The second kappa shape index (κ2) is 11.9. The van der Waals surface area contributed by atoms with Crippen molar-refractivity contribution in [3.63, 3.8) is 0 Å². The molecule has 0 bridgehead atoms. The lowest BCUT2D eigenvalue weighted by molar-refractivity contribution is 0.0292. The highest BCUT2D eigenvalue weighted by Gasteiger charge is 2.29. The normalized spacial score (nSPS) is 14.3. The van der Waals surface area contributed by atoms with Crippen LogP contribution in [0, 0.1) is 28.9 Å². The molecule has 0 spiro atoms. The van der Waals surface area contributed by atoms with Gasteiger partial charge in [-0.25, -0.2) is 23.5 Å². The highest BCUT2D eigenvalue weighted by atomic mass is 35.5. The number of carbonyl (C=O) groups excluding carboxylic acids is 1. The van der Waals surface area contributed by atoms with Gasteiger partial charge in [-0.2, -0.15) is 5.26 Å². The first-order valence-electron chi connectivity index (χ1n) is 12.2. The number of anilines is 1. The summed E-state index contributed by atoms with van der Waals surface area (Å²) in [5.74, 6) is -1.35. The zero-order valence-electron chi connectivity index (χ0n) is 21.8. The van der Waals surface area contributed by atoms with E-state index in [1.807, 2.05) is 4.90 Å². The number of ether oxygens (including phenoxy) is 2. The van der Waals surface area contributed by atoms with Crippen LogP contribution in [0.15, 0.2) is 12.3 Å². The molecule has 2 heterocycles. The fourth-order valence-corrected chi connectivity index (χ4v) is 4.19. The monoisotopic (exact) mass is 535 g/mol. The SMILES string of the molecule is CC1CCN(c2c(OCCCN(C)C(=O)OC(C)(C)C)cc(F)c(-c3cnc(C#N)nc3Cl)c2F)CC1. The maximum atomic E-state index is 16.0. The number of piperidine rings is 1. The fraction of sp³-hybridized carbons (Fsp3) is 0.538. The predicted octanol–water partition coefficient (Wildman–Crippen LogP) is 5.82. The lowest BCUT2D eigenvalue weighted by atomic mass is 9.97. The molecule has 2 aromatic rings. The number of hydrogen-bond donors (Lipinski definition) is 0. The van der Waals surface area contributed by atoms with Crippen molar-refractivity contribution in [1.29, 1.82) is 5.26 Å². The molecule has 1 aliphatic rings. The molecule has 11 heteroatoms. The van der Waals surface area contributed by atoms with Gasteiger partial charge >= 0.3 is 6.09 Å². The summed E-state index contributed by atoms with van der Waals surface area (Å²) in [7, 11) is 1.62. The van der Waals surface area contributed by atoms with E-state index in [0.29, 0.717) is 32.0 Å². The van der Waals surface area contributed by atoms with Crippen LogP contribution in [0.25, 0.3) is 11.1 Å². The Labute approximate surface area is 221 Å². The van der Waals surface area contributed by atoms with Gasteiger partial charge in [0.2, 0.25) is 5.82 Å². The summed E-state index contributed by atoms with van der Waals surface area (Å²) in [5, 5.41) is 8.77. The zero-order valence-corrected chi connectivity index (χ0v) is 22.5. The van der Waals surface area contributed by atoms with Gasteiger partial charge in [0.25, 0.3) is 0 Å². The van der Waals surface area contributed by atoms with Gasteiger partial charge in [-0.3, -0.25) is 0 Å². The number of benzene rings is 1. The van der Waals surface area contributed by atoms with E-state index in [2.05, 4.69) is 16.9 Å². The number of rotatable bonds is 7. The first-order valence-corrected chi connectivity index (χ1v) is 12.6. The minimum absolute atomic E-state index is 0.0483. The van der Waals surface area contributed by atoms with Gasteiger partial charge in [-0.1, -0.05) is 18.5 Å². The van der Waals surface area contributed by atoms with Gasteiger partial charge in [-0.15, -0.1) is 0 Å². The zero-order chi connectivity index (χ0) is 27.3. The minimum atomic E-state index is -0.886. The number of hydrogen-bond acceptors (Lipinski definition) is 7. The molecule has 0 atom stereocenters. The van der Waals surface area contributed by atoms with E-state index in [-0.39, 0.29) is 40.1 Å². The summed E-state index contributed by atoms with van der Waals surface area (Å²) in [6, 6.07) is 2.89. The average molecular weight is 536 g/mol. The summed E-state index contributed by atoms with van der Waals surface area (Å²) in [6.07, 6.45) is 2.82. The van der Waals surface area contributed by atoms with Gasteiger partial charge in [0, 0.05) is 44.5 Å². The molecule has 0 unspecified atom stereocenters. The minimum Gasteiger partial charge on any atom is -0.491 e. The Bertz CT molecular complexity index is 1170. The van der Waals surface area contributed by atoms with E-state index < -0.39 is 23.3 Å². The number of amides is 1. The Morgan fingerprint density at radius 1 is 1.32 bits per heavy atom. The summed E-state index contributed by atoms with van der Waals surface area (Å²) in [4.78, 5) is 23.1. The highest BCUT2D eigenvalue weighted by molar-refractivity contribution is 6.32. The van der Waals surface area contributed by atoms with Crippen LogP contribution in [-0.2, 0) is 4.74 Å². The van der Waals surface area contributed by atoms with Crippen molar-refractivity contribution in [2.45, 2.75) is 52.6 Å². The molecule has 1 aromatic carbocycles. The third kappa shape index (κ3) is 7.19. The maximum Gasteiger partial charge on any atom is 0.410 e. The smallest absolute Gasteiger partial charge is 0.410 e. The van der Waals surface area contributed by atoms with Crippen LogP contribution in [0.4, 0.5) is 19.3 Å². The van der Waals surface area contributed by atoms with E-state index >= 15 is 8.78 Å². The van der Waals surface area contributed by atoms with Crippen LogP contribution >= 0.6 is 11.6 Å². The molecular weight excluding hydrogens is 504 g/mol. The third-order valence-electron chi connectivity index (χ3n) is 5.97. The van der Waals surface area contributed by atoms with Gasteiger partial charge < -0.3 is 19.3 Å². The lowest BCUT2D eigenvalue weighted by Crippen LogP contribution is -2.35. The van der Waals surface area contributed by atoms with Gasteiger partial charge in [0.05, 0.1) is 12.2 Å². The molecule has 1 fully saturated rings. The summed E-state index contributed by atoms with van der Waals surface area (Å²) < 4.78 is 42.5. The van der Waals surface area contributed by atoms with Crippen LogP contribution in [-0.4, -0.2) is 59.9 Å². The Balaban J connectivity index is 1.86.